The van der Waals surface area contributed by atoms with Crippen LogP contribution in [0.3, 0.4) is 0 Å². The molecule has 1 aliphatic rings. The van der Waals surface area contributed by atoms with Crippen LogP contribution in [0.25, 0.3) is 22.2 Å². The number of halogens is 1. The van der Waals surface area contributed by atoms with E-state index in [1.54, 1.807) is 18.6 Å². The van der Waals surface area contributed by atoms with Gasteiger partial charge in [-0.25, -0.2) is 14.4 Å². The fourth-order valence-corrected chi connectivity index (χ4v) is 4.70. The molecule has 9 heteroatoms. The third-order valence-corrected chi connectivity index (χ3v) is 6.50. The van der Waals surface area contributed by atoms with Gasteiger partial charge in [0, 0.05) is 24.2 Å². The molecule has 2 atom stereocenters. The number of rotatable bonds is 6. The molecule has 1 fully saturated rings. The minimum atomic E-state index is -0.398. The first kappa shape index (κ1) is 24.3. The van der Waals surface area contributed by atoms with Crippen molar-refractivity contribution in [2.24, 2.45) is 5.92 Å². The topological polar surface area (TPSA) is 113 Å². The number of anilines is 1. The van der Waals surface area contributed by atoms with Crippen molar-refractivity contribution in [2.45, 2.75) is 65.0 Å². The van der Waals surface area contributed by atoms with E-state index in [1.807, 2.05) is 37.5 Å². The van der Waals surface area contributed by atoms with E-state index in [4.69, 9.17) is 5.26 Å². The van der Waals surface area contributed by atoms with E-state index in [2.05, 4.69) is 20.6 Å². The molecule has 2 amide bonds. The molecule has 1 saturated carbocycles. The Balaban J connectivity index is 1.54. The van der Waals surface area contributed by atoms with Gasteiger partial charge in [-0.15, -0.1) is 0 Å². The number of nitrogens with zero attached hydrogens (tertiary/aromatic N) is 4. The van der Waals surface area contributed by atoms with Crippen molar-refractivity contribution in [1.82, 2.24) is 19.9 Å². The van der Waals surface area contributed by atoms with Crippen LogP contribution >= 0.6 is 0 Å². The summed E-state index contributed by atoms with van der Waals surface area (Å²) in [6.45, 7) is 5.93. The molecule has 0 aliphatic heterocycles. The predicted octanol–water partition coefficient (Wildman–Crippen LogP) is 4.65. The smallest absolute Gasteiger partial charge is 0.234 e. The molecule has 0 bridgehead atoms. The van der Waals surface area contributed by atoms with E-state index in [0.29, 0.717) is 28.8 Å². The molecule has 0 radical (unpaired) electrons. The maximum absolute atomic E-state index is 14.9. The van der Waals surface area contributed by atoms with Crippen LogP contribution in [0.5, 0.6) is 0 Å². The van der Waals surface area contributed by atoms with Gasteiger partial charge in [0.1, 0.15) is 17.8 Å². The standard InChI is InChI=1S/C26H29FN6O2/c1-15(2)33-14-30-25-21(27)10-18(11-22(25)33)20-12-23(29-13-16(20)3)32-26(35)17-5-4-6-19(9-17)31-24(34)7-8-28/h10-15,17,19H,4-7,9H2,1-3H3,(H,31,34)(H,29,32,35)/t17-,19+/m0/s1. The molecule has 4 rings (SSSR count). The van der Waals surface area contributed by atoms with Crippen molar-refractivity contribution in [3.63, 3.8) is 0 Å². The first-order valence-corrected chi connectivity index (χ1v) is 11.9. The van der Waals surface area contributed by atoms with Crippen molar-refractivity contribution in [1.29, 1.82) is 5.26 Å². The Morgan fingerprint density at radius 2 is 2.06 bits per heavy atom. The monoisotopic (exact) mass is 476 g/mol. The highest BCUT2D eigenvalue weighted by molar-refractivity contribution is 5.93. The molecule has 182 valence electrons. The number of imidazole rings is 1. The van der Waals surface area contributed by atoms with E-state index in [1.165, 1.54) is 6.07 Å². The van der Waals surface area contributed by atoms with Crippen LogP contribution in [-0.2, 0) is 9.59 Å². The van der Waals surface area contributed by atoms with Gasteiger partial charge >= 0.3 is 0 Å². The van der Waals surface area contributed by atoms with Gasteiger partial charge in [0.25, 0.3) is 0 Å². The molecule has 1 aromatic carbocycles. The molecule has 2 N–H and O–H groups in total. The molecule has 0 saturated heterocycles. The lowest BCUT2D eigenvalue weighted by atomic mass is 9.85. The molecule has 2 heterocycles. The first-order chi connectivity index (χ1) is 16.8. The van der Waals surface area contributed by atoms with Gasteiger partial charge in [-0.05, 0) is 74.9 Å². The second-order valence-electron chi connectivity index (χ2n) is 9.41. The number of aromatic nitrogens is 3. The van der Waals surface area contributed by atoms with E-state index < -0.39 is 5.82 Å². The van der Waals surface area contributed by atoms with Crippen LogP contribution in [0.4, 0.5) is 10.2 Å². The van der Waals surface area contributed by atoms with E-state index >= 15 is 0 Å². The lowest BCUT2D eigenvalue weighted by molar-refractivity contribution is -0.124. The normalized spacial score (nSPS) is 17.8. The molecule has 0 unspecified atom stereocenters. The Labute approximate surface area is 203 Å². The van der Waals surface area contributed by atoms with Crippen LogP contribution in [-0.4, -0.2) is 32.4 Å². The summed E-state index contributed by atoms with van der Waals surface area (Å²) in [4.78, 5) is 33.3. The molecule has 3 aromatic rings. The van der Waals surface area contributed by atoms with Crippen LogP contribution in [0.15, 0.2) is 30.7 Å². The number of aryl methyl sites for hydroxylation is 1. The number of pyridine rings is 1. The number of nitrogens with one attached hydrogen (secondary N) is 2. The summed E-state index contributed by atoms with van der Waals surface area (Å²) in [7, 11) is 0. The maximum atomic E-state index is 14.9. The average Bonchev–Trinajstić information content (AvgIpc) is 3.25. The number of hydrogen-bond acceptors (Lipinski definition) is 5. The van der Waals surface area contributed by atoms with Gasteiger partial charge in [-0.1, -0.05) is 6.42 Å². The third kappa shape index (κ3) is 5.32. The Hall–Kier alpha value is -3.80. The highest BCUT2D eigenvalue weighted by Gasteiger charge is 2.28. The fraction of sp³-hybridized carbons (Fsp3) is 0.423. The zero-order chi connectivity index (χ0) is 25.1. The number of benzene rings is 1. The van der Waals surface area contributed by atoms with Gasteiger partial charge in [0.05, 0.1) is 17.9 Å². The highest BCUT2D eigenvalue weighted by atomic mass is 19.1. The van der Waals surface area contributed by atoms with Crippen molar-refractivity contribution < 1.29 is 14.0 Å². The fourth-order valence-electron chi connectivity index (χ4n) is 4.70. The minimum Gasteiger partial charge on any atom is -0.352 e. The van der Waals surface area contributed by atoms with E-state index in [-0.39, 0.29) is 36.2 Å². The van der Waals surface area contributed by atoms with Crippen LogP contribution in [0, 0.1) is 30.0 Å². The van der Waals surface area contributed by atoms with Crippen molar-refractivity contribution in [3.05, 3.63) is 42.1 Å². The van der Waals surface area contributed by atoms with Gasteiger partial charge in [-0.3, -0.25) is 9.59 Å². The number of carbonyl (C=O) groups is 2. The first-order valence-electron chi connectivity index (χ1n) is 11.9. The number of carbonyl (C=O) groups excluding carboxylic acids is 2. The molecule has 2 aromatic heterocycles. The Bertz CT molecular complexity index is 1310. The Morgan fingerprint density at radius 3 is 2.80 bits per heavy atom. The van der Waals surface area contributed by atoms with Crippen LogP contribution < -0.4 is 10.6 Å². The quantitative estimate of drug-likeness (QED) is 0.538. The Kier molecular flexibility index (Phi) is 7.10. The lowest BCUT2D eigenvalue weighted by Crippen LogP contribution is -2.40. The zero-order valence-corrected chi connectivity index (χ0v) is 20.1. The number of nitriles is 1. The molecule has 1 aliphatic carbocycles. The van der Waals surface area contributed by atoms with Crippen molar-refractivity contribution in [2.75, 3.05) is 5.32 Å². The van der Waals surface area contributed by atoms with Crippen molar-refractivity contribution in [3.8, 4) is 17.2 Å². The lowest BCUT2D eigenvalue weighted by Gasteiger charge is -2.28. The minimum absolute atomic E-state index is 0.123. The zero-order valence-electron chi connectivity index (χ0n) is 20.1. The summed E-state index contributed by atoms with van der Waals surface area (Å²) in [6, 6.07) is 6.98. The number of fused-ring (bicyclic) bond motifs is 1. The molecule has 35 heavy (non-hydrogen) atoms. The summed E-state index contributed by atoms with van der Waals surface area (Å²) in [5.41, 5.74) is 3.36. The summed E-state index contributed by atoms with van der Waals surface area (Å²) in [5, 5.41) is 14.4. The number of hydrogen-bond donors (Lipinski definition) is 2. The molecule has 0 spiro atoms. The van der Waals surface area contributed by atoms with Crippen LogP contribution in [0.2, 0.25) is 0 Å². The van der Waals surface area contributed by atoms with Gasteiger partial charge in [0.15, 0.2) is 5.82 Å². The molecular weight excluding hydrogens is 447 g/mol. The van der Waals surface area contributed by atoms with E-state index in [9.17, 15) is 14.0 Å². The molecular formula is C26H29FN6O2. The summed E-state index contributed by atoms with van der Waals surface area (Å²) in [5.74, 6) is -0.746. The largest absolute Gasteiger partial charge is 0.352 e. The second-order valence-corrected chi connectivity index (χ2v) is 9.41. The van der Waals surface area contributed by atoms with Gasteiger partial charge in [-0.2, -0.15) is 5.26 Å². The predicted molar refractivity (Wildman–Crippen MR) is 131 cm³/mol. The average molecular weight is 477 g/mol. The maximum Gasteiger partial charge on any atom is 0.234 e. The summed E-state index contributed by atoms with van der Waals surface area (Å²) < 4.78 is 16.8. The summed E-state index contributed by atoms with van der Waals surface area (Å²) in [6.07, 6.45) is 5.96. The third-order valence-electron chi connectivity index (χ3n) is 6.50. The van der Waals surface area contributed by atoms with Gasteiger partial charge < -0.3 is 15.2 Å². The van der Waals surface area contributed by atoms with Crippen molar-refractivity contribution >= 4 is 28.7 Å². The summed E-state index contributed by atoms with van der Waals surface area (Å²) >= 11 is 0. The highest BCUT2D eigenvalue weighted by Crippen LogP contribution is 2.31. The van der Waals surface area contributed by atoms with Crippen LogP contribution in [0.1, 0.15) is 57.6 Å². The SMILES string of the molecule is Cc1cnc(NC(=O)[C@H]2CCC[C@@H](NC(=O)CC#N)C2)cc1-c1cc(F)c2ncn(C(C)C)c2c1. The van der Waals surface area contributed by atoms with E-state index in [0.717, 1.165) is 30.4 Å². The Morgan fingerprint density at radius 1 is 1.26 bits per heavy atom. The number of amides is 2. The second kappa shape index (κ2) is 10.2. The van der Waals surface area contributed by atoms with Gasteiger partial charge in [0.2, 0.25) is 11.8 Å². The molecule has 8 nitrogen and oxygen atoms in total.